The molecule has 0 bridgehead atoms. The molecule has 184 valence electrons. The average Bonchev–Trinajstić information content (AvgIpc) is 2.95. The Morgan fingerprint density at radius 2 is 0.694 bits per heavy atom. The van der Waals surface area contributed by atoms with E-state index in [4.69, 9.17) is 0 Å². The lowest BCUT2D eigenvalue weighted by Crippen LogP contribution is -2.38. The Bertz CT molecular complexity index is 1000. The highest BCUT2D eigenvalue weighted by Crippen LogP contribution is 2.54. The molecule has 4 aromatic carbocycles. The van der Waals surface area contributed by atoms with E-state index in [1.807, 2.05) is 0 Å². The molecule has 0 radical (unpaired) electrons. The first-order valence-corrected chi connectivity index (χ1v) is 16.3. The molecule has 1 aliphatic carbocycles. The molecule has 1 aliphatic rings. The first-order valence-electron chi connectivity index (χ1n) is 13.5. The van der Waals surface area contributed by atoms with Gasteiger partial charge in [0.2, 0.25) is 0 Å². The van der Waals surface area contributed by atoms with Crippen molar-refractivity contribution in [3.63, 3.8) is 0 Å². The lowest BCUT2D eigenvalue weighted by molar-refractivity contribution is 0.233. The second-order valence-electron chi connectivity index (χ2n) is 10.2. The molecule has 4 atom stereocenters. The minimum absolute atomic E-state index is 0.407. The molecule has 1 saturated carbocycles. The second-order valence-corrected chi connectivity index (χ2v) is 15.4. The van der Waals surface area contributed by atoms with E-state index in [1.54, 1.807) is 0 Å². The van der Waals surface area contributed by atoms with Crippen LogP contribution in [0.25, 0.3) is 0 Å². The maximum atomic E-state index is 2.58. The van der Waals surface area contributed by atoms with E-state index < -0.39 is 15.8 Å². The van der Waals surface area contributed by atoms with E-state index in [2.05, 4.69) is 135 Å². The summed E-state index contributed by atoms with van der Waals surface area (Å²) < 4.78 is 0. The van der Waals surface area contributed by atoms with Crippen molar-refractivity contribution in [1.29, 1.82) is 0 Å². The fourth-order valence-corrected chi connectivity index (χ4v) is 12.3. The summed E-state index contributed by atoms with van der Waals surface area (Å²) in [6, 6.07) is 45.4. The van der Waals surface area contributed by atoms with Crippen molar-refractivity contribution in [1.82, 2.24) is 0 Å². The zero-order valence-electron chi connectivity index (χ0n) is 21.6. The van der Waals surface area contributed by atoms with Crippen LogP contribution in [0.2, 0.25) is 0 Å². The van der Waals surface area contributed by atoms with Crippen LogP contribution in [0.5, 0.6) is 0 Å². The minimum Gasteiger partial charge on any atom is -0.0622 e. The van der Waals surface area contributed by atoms with Gasteiger partial charge in [-0.15, -0.1) is 0 Å². The van der Waals surface area contributed by atoms with Crippen LogP contribution < -0.4 is 21.2 Å². The molecule has 0 heterocycles. The highest BCUT2D eigenvalue weighted by atomic mass is 31.1. The average molecular weight is 509 g/mol. The summed E-state index contributed by atoms with van der Waals surface area (Å²) in [5.41, 5.74) is 1.31. The number of hydrogen-bond donors (Lipinski definition) is 0. The summed E-state index contributed by atoms with van der Waals surface area (Å²) in [5.74, 6) is 1.50. The van der Waals surface area contributed by atoms with Gasteiger partial charge in [-0.1, -0.05) is 148 Å². The van der Waals surface area contributed by atoms with Crippen molar-refractivity contribution >= 4 is 37.1 Å². The Kier molecular flexibility index (Phi) is 8.69. The Morgan fingerprint density at radius 3 is 0.944 bits per heavy atom. The number of hydrogen-bond acceptors (Lipinski definition) is 0. The van der Waals surface area contributed by atoms with Gasteiger partial charge >= 0.3 is 0 Å². The van der Waals surface area contributed by atoms with Crippen LogP contribution >= 0.6 is 15.8 Å². The maximum Gasteiger partial charge on any atom is -0.0126 e. The highest BCUT2D eigenvalue weighted by Gasteiger charge is 2.40. The molecular formula is C34H38P2. The van der Waals surface area contributed by atoms with Crippen molar-refractivity contribution < 1.29 is 0 Å². The molecular weight excluding hydrogens is 470 g/mol. The largest absolute Gasteiger partial charge is 0.0622 e. The monoisotopic (exact) mass is 508 g/mol. The van der Waals surface area contributed by atoms with E-state index in [9.17, 15) is 0 Å². The summed E-state index contributed by atoms with van der Waals surface area (Å²) in [5, 5.41) is 6.10. The molecule has 0 nitrogen and oxygen atoms in total. The molecule has 2 heteroatoms. The van der Waals surface area contributed by atoms with E-state index in [0.717, 1.165) is 11.8 Å². The van der Waals surface area contributed by atoms with Crippen molar-refractivity contribution in [3.8, 4) is 0 Å². The SMILES string of the molecule is C[C@H]([C@H]1CCCC[C@@H]1[C@@H](C)P(c1ccccc1)c1ccccc1)P(c1ccccc1)c1ccccc1. The van der Waals surface area contributed by atoms with Gasteiger partial charge in [0, 0.05) is 0 Å². The molecule has 36 heavy (non-hydrogen) atoms. The van der Waals surface area contributed by atoms with Crippen molar-refractivity contribution in [2.45, 2.75) is 50.8 Å². The zero-order valence-corrected chi connectivity index (χ0v) is 23.4. The summed E-state index contributed by atoms with van der Waals surface area (Å²) in [6.45, 7) is 5.16. The highest BCUT2D eigenvalue weighted by molar-refractivity contribution is 7.74. The number of rotatable bonds is 8. The third kappa shape index (κ3) is 5.67. The molecule has 0 aromatic heterocycles. The Hall–Kier alpha value is -2.26. The van der Waals surface area contributed by atoms with Gasteiger partial charge in [0.25, 0.3) is 0 Å². The van der Waals surface area contributed by atoms with Gasteiger partial charge < -0.3 is 0 Å². The van der Waals surface area contributed by atoms with Gasteiger partial charge in [0.1, 0.15) is 0 Å². The molecule has 0 aliphatic heterocycles. The first-order chi connectivity index (χ1) is 17.7. The van der Waals surface area contributed by atoms with E-state index in [-0.39, 0.29) is 0 Å². The molecule has 1 fully saturated rings. The molecule has 0 amide bonds. The predicted octanol–water partition coefficient (Wildman–Crippen LogP) is 7.84. The first kappa shape index (κ1) is 25.4. The van der Waals surface area contributed by atoms with Gasteiger partial charge in [0.15, 0.2) is 0 Å². The van der Waals surface area contributed by atoms with Crippen LogP contribution in [0.4, 0.5) is 0 Å². The van der Waals surface area contributed by atoms with E-state index in [0.29, 0.717) is 11.3 Å². The summed E-state index contributed by atoms with van der Waals surface area (Å²) in [4.78, 5) is 0. The summed E-state index contributed by atoms with van der Waals surface area (Å²) >= 11 is 0. The molecule has 5 rings (SSSR count). The van der Waals surface area contributed by atoms with Crippen molar-refractivity contribution in [2.75, 3.05) is 0 Å². The predicted molar refractivity (Wildman–Crippen MR) is 163 cm³/mol. The zero-order chi connectivity index (χ0) is 24.7. The Labute approximate surface area is 220 Å². The maximum absolute atomic E-state index is 2.58. The van der Waals surface area contributed by atoms with Gasteiger partial charge in [-0.05, 0) is 73.1 Å². The van der Waals surface area contributed by atoms with Crippen LogP contribution in [0.1, 0.15) is 39.5 Å². The normalized spacial score (nSPS) is 19.8. The summed E-state index contributed by atoms with van der Waals surface area (Å²) in [7, 11) is -0.814. The third-order valence-electron chi connectivity index (χ3n) is 8.07. The van der Waals surface area contributed by atoms with Crippen LogP contribution in [0, 0.1) is 11.8 Å². The van der Waals surface area contributed by atoms with Crippen LogP contribution in [0.15, 0.2) is 121 Å². The molecule has 0 N–H and O–H groups in total. The molecule has 4 aromatic rings. The van der Waals surface area contributed by atoms with Crippen LogP contribution in [0.3, 0.4) is 0 Å². The quantitative estimate of drug-likeness (QED) is 0.213. The van der Waals surface area contributed by atoms with Crippen molar-refractivity contribution in [2.24, 2.45) is 11.8 Å². The molecule has 0 unspecified atom stereocenters. The number of benzene rings is 4. The van der Waals surface area contributed by atoms with Crippen LogP contribution in [-0.2, 0) is 0 Å². The van der Waals surface area contributed by atoms with Gasteiger partial charge in [-0.25, -0.2) is 0 Å². The standard InChI is InChI=1S/C34H38P2/c1-27(35(29-17-7-3-8-18-29)30-19-9-4-10-20-30)33-25-15-16-26-34(33)28(2)36(31-21-11-5-12-22-31)32-23-13-6-14-24-32/h3-14,17-24,27-28,33-34H,15-16,25-26H2,1-2H3/t27-,28-,33-,34-/m1/s1. The van der Waals surface area contributed by atoms with E-state index >= 15 is 0 Å². The lowest BCUT2D eigenvalue weighted by Gasteiger charge is -2.44. The van der Waals surface area contributed by atoms with E-state index in [1.165, 1.54) is 46.9 Å². The smallest absolute Gasteiger partial charge is 0.0126 e. The topological polar surface area (TPSA) is 0 Å². The molecule has 0 spiro atoms. The Balaban J connectivity index is 1.51. The summed E-state index contributed by atoms with van der Waals surface area (Å²) in [6.07, 6.45) is 5.47. The van der Waals surface area contributed by atoms with Crippen LogP contribution in [-0.4, -0.2) is 11.3 Å². The Morgan fingerprint density at radius 1 is 0.444 bits per heavy atom. The van der Waals surface area contributed by atoms with Crippen molar-refractivity contribution in [3.05, 3.63) is 121 Å². The van der Waals surface area contributed by atoms with Gasteiger partial charge in [-0.2, -0.15) is 0 Å². The van der Waals surface area contributed by atoms with Gasteiger partial charge in [-0.3, -0.25) is 0 Å². The third-order valence-corrected chi connectivity index (χ3v) is 13.9. The van der Waals surface area contributed by atoms with Gasteiger partial charge in [0.05, 0.1) is 0 Å². The fraction of sp³-hybridized carbons (Fsp3) is 0.294. The minimum atomic E-state index is -0.407. The molecule has 0 saturated heterocycles. The second kappa shape index (κ2) is 12.3. The fourth-order valence-electron chi connectivity index (χ4n) is 6.36. The lowest BCUT2D eigenvalue weighted by atomic mass is 9.76.